The van der Waals surface area contributed by atoms with Gasteiger partial charge in [-0.05, 0) is 37.4 Å². The summed E-state index contributed by atoms with van der Waals surface area (Å²) < 4.78 is 15.9. The molecule has 114 valence electrons. The molecule has 0 aliphatic rings. The first-order chi connectivity index (χ1) is 10.0. The van der Waals surface area contributed by atoms with E-state index in [4.69, 9.17) is 14.2 Å². The van der Waals surface area contributed by atoms with Crippen LogP contribution in [-0.4, -0.2) is 38.5 Å². The van der Waals surface area contributed by atoms with Crippen molar-refractivity contribution in [3.63, 3.8) is 0 Å². The number of hydrogen-bond donors (Lipinski definition) is 1. The van der Waals surface area contributed by atoms with Crippen molar-refractivity contribution in [2.24, 2.45) is 0 Å². The summed E-state index contributed by atoms with van der Waals surface area (Å²) in [6, 6.07) is 5.84. The Balaban J connectivity index is 2.50. The third-order valence-corrected chi connectivity index (χ3v) is 3.23. The molecule has 2 rings (SSSR count). The lowest BCUT2D eigenvalue weighted by atomic mass is 10.1. The van der Waals surface area contributed by atoms with Gasteiger partial charge in [-0.1, -0.05) is 0 Å². The molecule has 2 aromatic rings. The largest absolute Gasteiger partial charge is 0.493 e. The Morgan fingerprint density at radius 3 is 2.38 bits per heavy atom. The van der Waals surface area contributed by atoms with Crippen molar-refractivity contribution < 1.29 is 14.2 Å². The highest BCUT2D eigenvalue weighted by Crippen LogP contribution is 2.35. The first kappa shape index (κ1) is 15.4. The lowest BCUT2D eigenvalue weighted by molar-refractivity contribution is 0.158. The van der Waals surface area contributed by atoms with Crippen LogP contribution in [0.25, 0.3) is 10.8 Å². The van der Waals surface area contributed by atoms with Gasteiger partial charge in [0.05, 0.1) is 26.4 Å². The summed E-state index contributed by atoms with van der Waals surface area (Å²) in [6.45, 7) is 4.72. The molecular formula is C16H22N2O3. The van der Waals surface area contributed by atoms with Gasteiger partial charge in [0.1, 0.15) is 5.82 Å². The molecular weight excluding hydrogens is 268 g/mol. The number of methoxy groups -OCH3 is 3. The second kappa shape index (κ2) is 6.18. The molecule has 0 amide bonds. The van der Waals surface area contributed by atoms with Gasteiger partial charge in [-0.3, -0.25) is 0 Å². The van der Waals surface area contributed by atoms with Crippen LogP contribution in [0.4, 0.5) is 5.82 Å². The molecule has 0 saturated heterocycles. The van der Waals surface area contributed by atoms with Gasteiger partial charge in [0.2, 0.25) is 0 Å². The zero-order valence-corrected chi connectivity index (χ0v) is 13.2. The van der Waals surface area contributed by atoms with Crippen molar-refractivity contribution in [3.05, 3.63) is 24.4 Å². The fourth-order valence-electron chi connectivity index (χ4n) is 2.32. The standard InChI is InChI=1S/C16H22N2O3/c1-16(2,10-19-3)18-15-12-9-14(21-5)13(20-4)8-11(12)6-7-17-15/h6-9H,10H2,1-5H3,(H,17,18). The van der Waals surface area contributed by atoms with E-state index in [-0.39, 0.29) is 5.54 Å². The summed E-state index contributed by atoms with van der Waals surface area (Å²) in [7, 11) is 4.95. The predicted octanol–water partition coefficient (Wildman–Crippen LogP) is 3.09. The van der Waals surface area contributed by atoms with Gasteiger partial charge in [0.25, 0.3) is 0 Å². The normalized spacial score (nSPS) is 11.5. The first-order valence-electron chi connectivity index (χ1n) is 6.78. The van der Waals surface area contributed by atoms with Crippen LogP contribution in [0.5, 0.6) is 11.5 Å². The lowest BCUT2D eigenvalue weighted by Gasteiger charge is -2.26. The molecule has 0 aliphatic heterocycles. The molecule has 0 bridgehead atoms. The summed E-state index contributed by atoms with van der Waals surface area (Å²) in [5.74, 6) is 2.19. The SMILES string of the molecule is COCC(C)(C)Nc1nccc2cc(OC)c(OC)cc12. The van der Waals surface area contributed by atoms with Crippen molar-refractivity contribution in [1.82, 2.24) is 4.98 Å². The maximum absolute atomic E-state index is 5.37. The Labute approximate surface area is 125 Å². The molecule has 0 atom stereocenters. The van der Waals surface area contributed by atoms with Crippen LogP contribution < -0.4 is 14.8 Å². The summed E-state index contributed by atoms with van der Waals surface area (Å²) in [4.78, 5) is 4.44. The van der Waals surface area contributed by atoms with E-state index in [1.54, 1.807) is 27.5 Å². The van der Waals surface area contributed by atoms with Crippen LogP contribution in [0, 0.1) is 0 Å². The molecule has 1 aromatic carbocycles. The molecule has 1 aromatic heterocycles. The average molecular weight is 290 g/mol. The van der Waals surface area contributed by atoms with Crippen molar-refractivity contribution in [2.45, 2.75) is 19.4 Å². The Morgan fingerprint density at radius 1 is 1.10 bits per heavy atom. The van der Waals surface area contributed by atoms with Gasteiger partial charge < -0.3 is 19.5 Å². The Kier molecular flexibility index (Phi) is 4.53. The monoisotopic (exact) mass is 290 g/mol. The summed E-state index contributed by atoms with van der Waals surface area (Å²) >= 11 is 0. The van der Waals surface area contributed by atoms with E-state index >= 15 is 0 Å². The molecule has 0 aliphatic carbocycles. The fraction of sp³-hybridized carbons (Fsp3) is 0.438. The van der Waals surface area contributed by atoms with Crippen molar-refractivity contribution >= 4 is 16.6 Å². The highest BCUT2D eigenvalue weighted by atomic mass is 16.5. The number of pyridine rings is 1. The van der Waals surface area contributed by atoms with Gasteiger partial charge in [0.15, 0.2) is 11.5 Å². The number of ether oxygens (including phenoxy) is 3. The van der Waals surface area contributed by atoms with E-state index in [2.05, 4.69) is 24.1 Å². The van der Waals surface area contributed by atoms with E-state index in [9.17, 15) is 0 Å². The molecule has 21 heavy (non-hydrogen) atoms. The zero-order chi connectivity index (χ0) is 15.5. The Hall–Kier alpha value is -2.01. The van der Waals surface area contributed by atoms with Crippen LogP contribution in [0.3, 0.4) is 0 Å². The Morgan fingerprint density at radius 2 is 1.76 bits per heavy atom. The zero-order valence-electron chi connectivity index (χ0n) is 13.2. The van der Waals surface area contributed by atoms with Gasteiger partial charge in [-0.25, -0.2) is 4.98 Å². The molecule has 0 radical (unpaired) electrons. The number of aromatic nitrogens is 1. The fourth-order valence-corrected chi connectivity index (χ4v) is 2.32. The number of anilines is 1. The van der Waals surface area contributed by atoms with Crippen LogP contribution in [0.1, 0.15) is 13.8 Å². The second-order valence-electron chi connectivity index (χ2n) is 5.53. The third kappa shape index (κ3) is 3.36. The minimum absolute atomic E-state index is 0.219. The quantitative estimate of drug-likeness (QED) is 0.886. The summed E-state index contributed by atoms with van der Waals surface area (Å²) in [6.07, 6.45) is 1.78. The van der Waals surface area contributed by atoms with Crippen LogP contribution in [0.15, 0.2) is 24.4 Å². The number of nitrogens with one attached hydrogen (secondary N) is 1. The molecule has 1 heterocycles. The van der Waals surface area contributed by atoms with Gasteiger partial charge in [0, 0.05) is 18.7 Å². The van der Waals surface area contributed by atoms with E-state index in [0.717, 1.165) is 16.6 Å². The number of fused-ring (bicyclic) bond motifs is 1. The van der Waals surface area contributed by atoms with E-state index < -0.39 is 0 Å². The molecule has 5 nitrogen and oxygen atoms in total. The van der Waals surface area contributed by atoms with Crippen molar-refractivity contribution in [3.8, 4) is 11.5 Å². The van der Waals surface area contributed by atoms with E-state index in [0.29, 0.717) is 18.1 Å². The van der Waals surface area contributed by atoms with Crippen molar-refractivity contribution in [1.29, 1.82) is 0 Å². The smallest absolute Gasteiger partial charge is 0.161 e. The first-order valence-corrected chi connectivity index (χ1v) is 6.78. The maximum atomic E-state index is 5.37. The minimum Gasteiger partial charge on any atom is -0.493 e. The molecule has 0 unspecified atom stereocenters. The van der Waals surface area contributed by atoms with Gasteiger partial charge >= 0.3 is 0 Å². The minimum atomic E-state index is -0.219. The molecule has 0 saturated carbocycles. The van der Waals surface area contributed by atoms with Crippen LogP contribution in [-0.2, 0) is 4.74 Å². The molecule has 0 spiro atoms. The number of hydrogen-bond acceptors (Lipinski definition) is 5. The maximum Gasteiger partial charge on any atom is 0.161 e. The summed E-state index contributed by atoms with van der Waals surface area (Å²) in [5, 5.41) is 5.44. The molecule has 5 heteroatoms. The third-order valence-electron chi connectivity index (χ3n) is 3.23. The highest BCUT2D eigenvalue weighted by molar-refractivity contribution is 5.94. The number of rotatable bonds is 6. The highest BCUT2D eigenvalue weighted by Gasteiger charge is 2.19. The van der Waals surface area contributed by atoms with Gasteiger partial charge in [-0.15, -0.1) is 0 Å². The average Bonchev–Trinajstić information content (AvgIpc) is 2.45. The topological polar surface area (TPSA) is 52.6 Å². The predicted molar refractivity (Wildman–Crippen MR) is 84.4 cm³/mol. The van der Waals surface area contributed by atoms with E-state index in [1.165, 1.54) is 0 Å². The molecule has 1 N–H and O–H groups in total. The second-order valence-corrected chi connectivity index (χ2v) is 5.53. The number of benzene rings is 1. The summed E-state index contributed by atoms with van der Waals surface area (Å²) in [5.41, 5.74) is -0.219. The molecule has 0 fully saturated rings. The number of nitrogens with zero attached hydrogens (tertiary/aromatic N) is 1. The van der Waals surface area contributed by atoms with Gasteiger partial charge in [-0.2, -0.15) is 0 Å². The van der Waals surface area contributed by atoms with Crippen LogP contribution >= 0.6 is 0 Å². The lowest BCUT2D eigenvalue weighted by Crippen LogP contribution is -2.36. The Bertz CT molecular complexity index is 626. The van der Waals surface area contributed by atoms with Crippen molar-refractivity contribution in [2.75, 3.05) is 33.3 Å². The van der Waals surface area contributed by atoms with Crippen LogP contribution in [0.2, 0.25) is 0 Å². The van der Waals surface area contributed by atoms with E-state index in [1.807, 2.05) is 18.2 Å².